The molecule has 0 aliphatic rings. The van der Waals surface area contributed by atoms with Crippen molar-refractivity contribution < 1.29 is 4.57 Å². The summed E-state index contributed by atoms with van der Waals surface area (Å²) in [5, 5.41) is 0. The Bertz CT molecular complexity index is 1490. The SMILES string of the molecule is C=Cc1ccc(-c2c(-c3ccc(C=C)cc3)[n+](-c3ccc(CC(C)C)cc3)cn2-c2ccc(CC(C)C)cc2)cc1. The molecule has 0 spiro atoms. The van der Waals surface area contributed by atoms with Gasteiger partial charge >= 0.3 is 0 Å². The van der Waals surface area contributed by atoms with Crippen LogP contribution in [0.3, 0.4) is 0 Å². The Hall–Kier alpha value is -4.43. The zero-order chi connectivity index (χ0) is 28.9. The van der Waals surface area contributed by atoms with E-state index < -0.39 is 0 Å². The normalized spacial score (nSPS) is 11.3. The maximum Gasteiger partial charge on any atom is 0.255 e. The van der Waals surface area contributed by atoms with Gasteiger partial charge in [0.05, 0.1) is 0 Å². The molecular weight excluding hydrogens is 496 g/mol. The Labute approximate surface area is 246 Å². The van der Waals surface area contributed by atoms with E-state index in [1.807, 2.05) is 12.2 Å². The molecule has 4 aromatic carbocycles. The molecule has 0 atom stereocenters. The molecule has 1 aromatic heterocycles. The van der Waals surface area contributed by atoms with E-state index in [0.717, 1.165) is 57.9 Å². The molecule has 0 amide bonds. The first-order chi connectivity index (χ1) is 19.9. The topological polar surface area (TPSA) is 8.81 Å². The van der Waals surface area contributed by atoms with E-state index in [0.29, 0.717) is 11.8 Å². The third-order valence-corrected chi connectivity index (χ3v) is 7.49. The van der Waals surface area contributed by atoms with Gasteiger partial charge in [0.25, 0.3) is 6.33 Å². The van der Waals surface area contributed by atoms with Gasteiger partial charge in [-0.3, -0.25) is 0 Å². The first-order valence-electron chi connectivity index (χ1n) is 14.7. The van der Waals surface area contributed by atoms with Crippen LogP contribution in [0.25, 0.3) is 46.0 Å². The predicted octanol–water partition coefficient (Wildman–Crippen LogP) is 9.77. The van der Waals surface area contributed by atoms with Crippen molar-refractivity contribution in [3.05, 3.63) is 139 Å². The van der Waals surface area contributed by atoms with Crippen molar-refractivity contribution in [2.24, 2.45) is 11.8 Å². The van der Waals surface area contributed by atoms with E-state index in [-0.39, 0.29) is 0 Å². The van der Waals surface area contributed by atoms with Crippen LogP contribution < -0.4 is 4.57 Å². The lowest BCUT2D eigenvalue weighted by Crippen LogP contribution is -2.31. The summed E-state index contributed by atoms with van der Waals surface area (Å²) in [5.41, 5.74) is 11.8. The minimum absolute atomic E-state index is 0.623. The van der Waals surface area contributed by atoms with E-state index in [1.165, 1.54) is 11.1 Å². The molecule has 0 aliphatic heterocycles. The molecular formula is C39H41N2+. The Kier molecular flexibility index (Phi) is 8.50. The summed E-state index contributed by atoms with van der Waals surface area (Å²) < 4.78 is 4.67. The number of hydrogen-bond acceptors (Lipinski definition) is 0. The number of nitrogens with zero attached hydrogens (tertiary/aromatic N) is 2. The van der Waals surface area contributed by atoms with Crippen LogP contribution in [0.5, 0.6) is 0 Å². The number of aromatic nitrogens is 2. The lowest BCUT2D eigenvalue weighted by Gasteiger charge is -2.09. The lowest BCUT2D eigenvalue weighted by molar-refractivity contribution is -0.583. The number of rotatable bonds is 10. The molecule has 0 aliphatic carbocycles. The van der Waals surface area contributed by atoms with Gasteiger partial charge in [-0.05, 0) is 95.5 Å². The Morgan fingerprint density at radius 1 is 0.610 bits per heavy atom. The molecule has 5 aromatic rings. The van der Waals surface area contributed by atoms with E-state index >= 15 is 0 Å². The smallest absolute Gasteiger partial charge is 0.194 e. The molecule has 41 heavy (non-hydrogen) atoms. The van der Waals surface area contributed by atoms with Crippen molar-refractivity contribution in [1.82, 2.24) is 4.57 Å². The van der Waals surface area contributed by atoms with Crippen LogP contribution in [0, 0.1) is 11.8 Å². The van der Waals surface area contributed by atoms with Gasteiger partial charge < -0.3 is 0 Å². The van der Waals surface area contributed by atoms with Crippen molar-refractivity contribution in [3.63, 3.8) is 0 Å². The first kappa shape index (κ1) is 28.1. The highest BCUT2D eigenvalue weighted by Crippen LogP contribution is 2.34. The van der Waals surface area contributed by atoms with Gasteiger partial charge in [0.1, 0.15) is 11.4 Å². The second kappa shape index (κ2) is 12.4. The first-order valence-corrected chi connectivity index (χ1v) is 14.7. The van der Waals surface area contributed by atoms with Crippen LogP contribution in [0.4, 0.5) is 0 Å². The highest BCUT2D eigenvalue weighted by molar-refractivity contribution is 5.79. The minimum atomic E-state index is 0.623. The molecule has 2 nitrogen and oxygen atoms in total. The van der Waals surface area contributed by atoms with Crippen molar-refractivity contribution >= 4 is 12.2 Å². The van der Waals surface area contributed by atoms with E-state index in [4.69, 9.17) is 0 Å². The van der Waals surface area contributed by atoms with E-state index in [9.17, 15) is 0 Å². The summed E-state index contributed by atoms with van der Waals surface area (Å²) in [7, 11) is 0. The Morgan fingerprint density at radius 3 is 1.54 bits per heavy atom. The van der Waals surface area contributed by atoms with Crippen LogP contribution >= 0.6 is 0 Å². The fraction of sp³-hybridized carbons (Fsp3) is 0.205. The highest BCUT2D eigenvalue weighted by Gasteiger charge is 2.28. The van der Waals surface area contributed by atoms with Gasteiger partial charge in [0.2, 0.25) is 0 Å². The van der Waals surface area contributed by atoms with Gasteiger partial charge in [-0.1, -0.05) is 102 Å². The Morgan fingerprint density at radius 2 is 1.07 bits per heavy atom. The van der Waals surface area contributed by atoms with Gasteiger partial charge in [-0.25, -0.2) is 0 Å². The second-order valence-electron chi connectivity index (χ2n) is 11.7. The van der Waals surface area contributed by atoms with Gasteiger partial charge in [0, 0.05) is 11.1 Å². The summed E-state index contributed by atoms with van der Waals surface area (Å²) >= 11 is 0. The molecule has 0 fully saturated rings. The minimum Gasteiger partial charge on any atom is -0.194 e. The number of hydrogen-bond donors (Lipinski definition) is 0. The van der Waals surface area contributed by atoms with Crippen LogP contribution in [0.2, 0.25) is 0 Å². The van der Waals surface area contributed by atoms with Crippen LogP contribution in [0.15, 0.2) is 117 Å². The fourth-order valence-electron chi connectivity index (χ4n) is 5.48. The average Bonchev–Trinajstić information content (AvgIpc) is 3.38. The summed E-state index contributed by atoms with van der Waals surface area (Å²) in [5.74, 6) is 1.25. The van der Waals surface area contributed by atoms with Crippen LogP contribution in [-0.4, -0.2) is 4.57 Å². The molecule has 0 unspecified atom stereocenters. The number of imidazole rings is 1. The number of benzene rings is 4. The monoisotopic (exact) mass is 537 g/mol. The largest absolute Gasteiger partial charge is 0.255 e. The molecule has 206 valence electrons. The molecule has 0 saturated carbocycles. The highest BCUT2D eigenvalue weighted by atomic mass is 15.2. The summed E-state index contributed by atoms with van der Waals surface area (Å²) in [4.78, 5) is 0. The fourth-order valence-corrected chi connectivity index (χ4v) is 5.48. The molecule has 0 saturated heterocycles. The van der Waals surface area contributed by atoms with Crippen molar-refractivity contribution in [3.8, 4) is 33.9 Å². The predicted molar refractivity (Wildman–Crippen MR) is 175 cm³/mol. The van der Waals surface area contributed by atoms with Crippen molar-refractivity contribution in [2.75, 3.05) is 0 Å². The maximum absolute atomic E-state index is 3.96. The maximum atomic E-state index is 3.96. The quantitative estimate of drug-likeness (QED) is 0.157. The van der Waals surface area contributed by atoms with Crippen LogP contribution in [0.1, 0.15) is 49.9 Å². The molecule has 0 radical (unpaired) electrons. The third kappa shape index (κ3) is 6.33. The third-order valence-electron chi connectivity index (χ3n) is 7.49. The Balaban J connectivity index is 1.76. The zero-order valence-electron chi connectivity index (χ0n) is 24.8. The van der Waals surface area contributed by atoms with Crippen LogP contribution in [-0.2, 0) is 12.8 Å². The molecule has 5 rings (SSSR count). The lowest BCUT2D eigenvalue weighted by atomic mass is 10.0. The summed E-state index contributed by atoms with van der Waals surface area (Å²) in [6, 6.07) is 35.4. The zero-order valence-corrected chi connectivity index (χ0v) is 24.8. The van der Waals surface area contributed by atoms with Crippen molar-refractivity contribution in [2.45, 2.75) is 40.5 Å². The van der Waals surface area contributed by atoms with Gasteiger partial charge in [-0.15, -0.1) is 0 Å². The standard InChI is InChI=1S/C39H41N2/c1-7-30-9-17-34(18-10-30)38-39(35-19-11-31(8-2)12-20-35)41(37-23-15-33(16-24-37)26-29(5)6)27-40(38)36-21-13-32(14-22-36)25-28(3)4/h7-24,27-29H,1-2,25-26H2,3-6H3/q+1. The van der Waals surface area contributed by atoms with Crippen molar-refractivity contribution in [1.29, 1.82) is 0 Å². The van der Waals surface area contributed by atoms with Gasteiger partial charge in [-0.2, -0.15) is 9.13 Å². The summed E-state index contributed by atoms with van der Waals surface area (Å²) in [6.07, 6.45) is 8.17. The second-order valence-corrected chi connectivity index (χ2v) is 11.7. The molecule has 0 bridgehead atoms. The molecule has 1 heterocycles. The van der Waals surface area contributed by atoms with E-state index in [1.54, 1.807) is 0 Å². The molecule has 2 heteroatoms. The van der Waals surface area contributed by atoms with E-state index in [2.05, 4.69) is 153 Å². The molecule has 0 N–H and O–H groups in total. The average molecular weight is 538 g/mol. The van der Waals surface area contributed by atoms with Gasteiger partial charge in [0.15, 0.2) is 11.4 Å². The summed E-state index contributed by atoms with van der Waals surface area (Å²) in [6.45, 7) is 17.0.